The Bertz CT molecular complexity index is 320. The van der Waals surface area contributed by atoms with Crippen molar-refractivity contribution in [1.29, 1.82) is 0 Å². The molecule has 1 aromatic heterocycles. The third kappa shape index (κ3) is 4.59. The third-order valence-corrected chi connectivity index (χ3v) is 2.22. The average Bonchev–Trinajstić information content (AvgIpc) is 2.70. The van der Waals surface area contributed by atoms with Crippen molar-refractivity contribution in [2.24, 2.45) is 0 Å². The molecular weight excluding hydrogens is 202 g/mol. The Morgan fingerprint density at radius 1 is 1.62 bits per heavy atom. The lowest BCUT2D eigenvalue weighted by molar-refractivity contribution is 0.157. The van der Waals surface area contributed by atoms with Crippen molar-refractivity contribution in [2.75, 3.05) is 19.8 Å². The first-order chi connectivity index (χ1) is 7.74. The van der Waals surface area contributed by atoms with Crippen LogP contribution in [-0.2, 0) is 17.8 Å². The minimum atomic E-state index is 0.647. The Morgan fingerprint density at radius 2 is 2.44 bits per heavy atom. The number of nitrogens with one attached hydrogen (secondary N) is 1. The van der Waals surface area contributed by atoms with Crippen LogP contribution in [0.3, 0.4) is 0 Å². The number of rotatable bonds is 8. The lowest BCUT2D eigenvalue weighted by Gasteiger charge is -2.07. The zero-order valence-corrected chi connectivity index (χ0v) is 10.2. The molecule has 0 atom stereocenters. The van der Waals surface area contributed by atoms with E-state index in [9.17, 15) is 0 Å². The van der Waals surface area contributed by atoms with Crippen molar-refractivity contribution in [3.8, 4) is 0 Å². The van der Waals surface area contributed by atoms with Crippen molar-refractivity contribution in [3.05, 3.63) is 30.4 Å². The van der Waals surface area contributed by atoms with Crippen LogP contribution in [0.15, 0.2) is 24.7 Å². The van der Waals surface area contributed by atoms with E-state index in [1.165, 1.54) is 5.69 Å². The number of imidazole rings is 1. The summed E-state index contributed by atoms with van der Waals surface area (Å²) in [6.45, 7) is 11.9. The maximum Gasteiger partial charge on any atom is 0.0948 e. The molecule has 0 bridgehead atoms. The summed E-state index contributed by atoms with van der Waals surface area (Å²) >= 11 is 0. The number of nitrogens with zero attached hydrogens (tertiary/aromatic N) is 2. The quantitative estimate of drug-likeness (QED) is 0.537. The first-order valence-electron chi connectivity index (χ1n) is 5.66. The SMILES string of the molecule is C=C(C)COCCNCc1cncn1CC. The van der Waals surface area contributed by atoms with Crippen molar-refractivity contribution < 1.29 is 4.74 Å². The lowest BCUT2D eigenvalue weighted by atomic mass is 10.4. The summed E-state index contributed by atoms with van der Waals surface area (Å²) in [7, 11) is 0. The van der Waals surface area contributed by atoms with Gasteiger partial charge in [-0.05, 0) is 13.8 Å². The van der Waals surface area contributed by atoms with Crippen LogP contribution in [0.1, 0.15) is 19.5 Å². The highest BCUT2D eigenvalue weighted by Crippen LogP contribution is 1.97. The van der Waals surface area contributed by atoms with E-state index in [4.69, 9.17) is 4.74 Å². The van der Waals surface area contributed by atoms with Gasteiger partial charge >= 0.3 is 0 Å². The van der Waals surface area contributed by atoms with Gasteiger partial charge in [-0.1, -0.05) is 12.2 Å². The lowest BCUT2D eigenvalue weighted by Crippen LogP contribution is -2.21. The van der Waals surface area contributed by atoms with Crippen molar-refractivity contribution in [1.82, 2.24) is 14.9 Å². The predicted octanol–water partition coefficient (Wildman–Crippen LogP) is 1.59. The van der Waals surface area contributed by atoms with Gasteiger partial charge in [0.05, 0.1) is 25.2 Å². The van der Waals surface area contributed by atoms with Crippen LogP contribution in [0.25, 0.3) is 0 Å². The van der Waals surface area contributed by atoms with Crippen LogP contribution in [0.2, 0.25) is 0 Å². The second-order valence-electron chi connectivity index (χ2n) is 3.86. The van der Waals surface area contributed by atoms with Crippen LogP contribution in [0.5, 0.6) is 0 Å². The van der Waals surface area contributed by atoms with Gasteiger partial charge in [0.1, 0.15) is 0 Å². The molecule has 0 radical (unpaired) electrons. The standard InChI is InChI=1S/C12H21N3O/c1-4-15-10-14-8-12(15)7-13-5-6-16-9-11(2)3/h8,10,13H,2,4-7,9H2,1,3H3. The highest BCUT2D eigenvalue weighted by molar-refractivity contribution is 4.97. The summed E-state index contributed by atoms with van der Waals surface area (Å²) in [5.41, 5.74) is 2.27. The fourth-order valence-corrected chi connectivity index (χ4v) is 1.39. The molecule has 4 nitrogen and oxygen atoms in total. The summed E-state index contributed by atoms with van der Waals surface area (Å²) < 4.78 is 7.51. The zero-order valence-electron chi connectivity index (χ0n) is 10.2. The Balaban J connectivity index is 2.09. The third-order valence-electron chi connectivity index (χ3n) is 2.22. The largest absolute Gasteiger partial charge is 0.376 e. The molecule has 1 heterocycles. The van der Waals surface area contributed by atoms with E-state index in [1.807, 2.05) is 19.4 Å². The van der Waals surface area contributed by atoms with Crippen molar-refractivity contribution >= 4 is 0 Å². The van der Waals surface area contributed by atoms with Crippen LogP contribution < -0.4 is 5.32 Å². The van der Waals surface area contributed by atoms with Crippen LogP contribution in [0, 0.1) is 0 Å². The monoisotopic (exact) mass is 223 g/mol. The van der Waals surface area contributed by atoms with E-state index in [0.717, 1.165) is 25.2 Å². The van der Waals surface area contributed by atoms with E-state index in [2.05, 4.69) is 28.4 Å². The Labute approximate surface area is 97.3 Å². The van der Waals surface area contributed by atoms with Gasteiger partial charge in [-0.15, -0.1) is 0 Å². The number of hydrogen-bond donors (Lipinski definition) is 1. The molecule has 0 aliphatic rings. The predicted molar refractivity (Wildman–Crippen MR) is 65.2 cm³/mol. The highest BCUT2D eigenvalue weighted by atomic mass is 16.5. The molecule has 1 aromatic rings. The molecule has 1 N–H and O–H groups in total. The summed E-state index contributed by atoms with van der Waals surface area (Å²) in [6.07, 6.45) is 3.75. The van der Waals surface area contributed by atoms with E-state index in [0.29, 0.717) is 13.2 Å². The molecule has 0 spiro atoms. The highest BCUT2D eigenvalue weighted by Gasteiger charge is 1.98. The first-order valence-corrected chi connectivity index (χ1v) is 5.66. The Morgan fingerprint density at radius 3 is 3.12 bits per heavy atom. The van der Waals surface area contributed by atoms with E-state index in [1.54, 1.807) is 0 Å². The zero-order chi connectivity index (χ0) is 11.8. The second-order valence-corrected chi connectivity index (χ2v) is 3.86. The summed E-state index contributed by atoms with van der Waals surface area (Å²) in [5, 5.41) is 3.32. The Kier molecular flexibility index (Phi) is 5.82. The molecule has 4 heteroatoms. The molecular formula is C12H21N3O. The molecule has 0 saturated carbocycles. The number of ether oxygens (including phenoxy) is 1. The fraction of sp³-hybridized carbons (Fsp3) is 0.583. The van der Waals surface area contributed by atoms with Gasteiger partial charge < -0.3 is 14.6 Å². The van der Waals surface area contributed by atoms with Gasteiger partial charge in [-0.3, -0.25) is 0 Å². The van der Waals surface area contributed by atoms with Gasteiger partial charge in [0.15, 0.2) is 0 Å². The number of aryl methyl sites for hydroxylation is 1. The van der Waals surface area contributed by atoms with Gasteiger partial charge in [0, 0.05) is 25.8 Å². The molecule has 90 valence electrons. The van der Waals surface area contributed by atoms with E-state index < -0.39 is 0 Å². The minimum Gasteiger partial charge on any atom is -0.376 e. The fourth-order valence-electron chi connectivity index (χ4n) is 1.39. The summed E-state index contributed by atoms with van der Waals surface area (Å²) in [6, 6.07) is 0. The van der Waals surface area contributed by atoms with Gasteiger partial charge in [-0.2, -0.15) is 0 Å². The topological polar surface area (TPSA) is 39.1 Å². The molecule has 0 unspecified atom stereocenters. The Hall–Kier alpha value is -1.13. The van der Waals surface area contributed by atoms with Crippen LogP contribution in [0.4, 0.5) is 0 Å². The van der Waals surface area contributed by atoms with E-state index >= 15 is 0 Å². The normalized spacial score (nSPS) is 10.6. The molecule has 0 saturated heterocycles. The smallest absolute Gasteiger partial charge is 0.0948 e. The molecule has 0 amide bonds. The number of hydrogen-bond acceptors (Lipinski definition) is 3. The van der Waals surface area contributed by atoms with Crippen molar-refractivity contribution in [2.45, 2.75) is 26.9 Å². The maximum absolute atomic E-state index is 5.39. The van der Waals surface area contributed by atoms with Gasteiger partial charge in [-0.25, -0.2) is 4.98 Å². The molecule has 0 aliphatic heterocycles. The average molecular weight is 223 g/mol. The molecule has 0 aromatic carbocycles. The number of aromatic nitrogens is 2. The summed E-state index contributed by atoms with van der Waals surface area (Å²) in [4.78, 5) is 4.11. The summed E-state index contributed by atoms with van der Waals surface area (Å²) in [5.74, 6) is 0. The minimum absolute atomic E-state index is 0.647. The second kappa shape index (κ2) is 7.19. The van der Waals surface area contributed by atoms with Crippen molar-refractivity contribution in [3.63, 3.8) is 0 Å². The van der Waals surface area contributed by atoms with E-state index in [-0.39, 0.29) is 0 Å². The molecule has 16 heavy (non-hydrogen) atoms. The van der Waals surface area contributed by atoms with Crippen LogP contribution >= 0.6 is 0 Å². The van der Waals surface area contributed by atoms with Gasteiger partial charge in [0.25, 0.3) is 0 Å². The first kappa shape index (κ1) is 12.9. The van der Waals surface area contributed by atoms with Crippen LogP contribution in [-0.4, -0.2) is 29.3 Å². The molecule has 0 fully saturated rings. The molecule has 1 rings (SSSR count). The molecule has 0 aliphatic carbocycles. The van der Waals surface area contributed by atoms with Gasteiger partial charge in [0.2, 0.25) is 0 Å². The maximum atomic E-state index is 5.39.